The van der Waals surface area contributed by atoms with Gasteiger partial charge < -0.3 is 39.3 Å². The number of ether oxygens (including phenoxy) is 6. The summed E-state index contributed by atoms with van der Waals surface area (Å²) in [5.74, 6) is -1.66. The summed E-state index contributed by atoms with van der Waals surface area (Å²) in [4.78, 5) is 47.8. The third kappa shape index (κ3) is 11.8. The number of hydrogen-bond acceptors (Lipinski definition) is 11. The Kier molecular flexibility index (Phi) is 13.8. The van der Waals surface area contributed by atoms with E-state index < -0.39 is 36.1 Å². The molecule has 37 heavy (non-hydrogen) atoms. The summed E-state index contributed by atoms with van der Waals surface area (Å²) in [7, 11) is 0. The van der Waals surface area contributed by atoms with Gasteiger partial charge in [0.1, 0.15) is 11.6 Å². The van der Waals surface area contributed by atoms with Crippen molar-refractivity contribution in [2.75, 3.05) is 19.8 Å². The first kappa shape index (κ1) is 31.5. The van der Waals surface area contributed by atoms with E-state index in [9.17, 15) is 24.3 Å². The second-order valence-electron chi connectivity index (χ2n) is 8.40. The first-order valence-corrected chi connectivity index (χ1v) is 12.2. The minimum absolute atomic E-state index is 0.108. The van der Waals surface area contributed by atoms with Gasteiger partial charge in [-0.05, 0) is 43.9 Å². The highest BCUT2D eigenvalue weighted by molar-refractivity contribution is 5.79. The monoisotopic (exact) mass is 527 g/mol. The van der Waals surface area contributed by atoms with Gasteiger partial charge in [0.15, 0.2) is 11.5 Å². The van der Waals surface area contributed by atoms with Crippen molar-refractivity contribution >= 4 is 24.4 Å². The van der Waals surface area contributed by atoms with Gasteiger partial charge in [-0.1, -0.05) is 33.3 Å². The summed E-state index contributed by atoms with van der Waals surface area (Å²) >= 11 is 0. The van der Waals surface area contributed by atoms with Crippen LogP contribution >= 0.6 is 0 Å². The molecule has 1 rings (SSSR count). The Morgan fingerprint density at radius 1 is 0.865 bits per heavy atom. The fraction of sp³-hybridized carbons (Fsp3) is 0.600. The second-order valence-corrected chi connectivity index (χ2v) is 8.40. The van der Waals surface area contributed by atoms with E-state index in [1.54, 1.807) is 6.92 Å². The predicted molar refractivity (Wildman–Crippen MR) is 131 cm³/mol. The van der Waals surface area contributed by atoms with E-state index >= 15 is 0 Å². The van der Waals surface area contributed by atoms with Crippen LogP contribution in [0.1, 0.15) is 65.4 Å². The Balaban J connectivity index is 3.07. The Labute approximate surface area is 216 Å². The first-order chi connectivity index (χ1) is 17.5. The predicted octanol–water partition coefficient (Wildman–Crippen LogP) is 4.59. The van der Waals surface area contributed by atoms with Gasteiger partial charge in [-0.15, -0.1) is 0 Å². The number of carbonyl (C=O) groups is 4. The van der Waals surface area contributed by atoms with Gasteiger partial charge in [0.2, 0.25) is 0 Å². The smallest absolute Gasteiger partial charge is 0.480 e. The van der Waals surface area contributed by atoms with Crippen LogP contribution in [0.5, 0.6) is 11.5 Å². The third-order valence-electron chi connectivity index (χ3n) is 4.86. The van der Waals surface area contributed by atoms with Crippen LogP contribution in [0.25, 0.3) is 0 Å². The Hall–Kier alpha value is -3.54. The topological polar surface area (TPSA) is 170 Å². The number of rotatable bonds is 15. The zero-order valence-electron chi connectivity index (χ0n) is 21.8. The molecule has 12 nitrogen and oxygen atoms in total. The van der Waals surface area contributed by atoms with Crippen molar-refractivity contribution in [2.45, 2.75) is 77.9 Å². The molecule has 0 aliphatic rings. The molecule has 1 unspecified atom stereocenters. The molecule has 0 bridgehead atoms. The van der Waals surface area contributed by atoms with Crippen molar-refractivity contribution in [1.29, 1.82) is 0 Å². The number of carboxylic acid groups (broad SMARTS) is 1. The van der Waals surface area contributed by atoms with Gasteiger partial charge >= 0.3 is 24.4 Å². The van der Waals surface area contributed by atoms with Gasteiger partial charge in [0.05, 0.1) is 19.8 Å². The average molecular weight is 528 g/mol. The number of carbonyl (C=O) groups excluding carboxylic acids is 3. The molecule has 0 radical (unpaired) electrons. The zero-order valence-corrected chi connectivity index (χ0v) is 21.8. The fourth-order valence-electron chi connectivity index (χ4n) is 3.09. The van der Waals surface area contributed by atoms with Gasteiger partial charge in [-0.2, -0.15) is 0 Å². The average Bonchev–Trinajstić information content (AvgIpc) is 2.82. The fourth-order valence-corrected chi connectivity index (χ4v) is 3.09. The number of hydrogen-bond donors (Lipinski definition) is 2. The maximum Gasteiger partial charge on any atom is 0.513 e. The van der Waals surface area contributed by atoms with E-state index in [0.717, 1.165) is 6.42 Å². The molecule has 1 aromatic carbocycles. The van der Waals surface area contributed by atoms with Crippen LogP contribution in [0.4, 0.5) is 14.4 Å². The summed E-state index contributed by atoms with van der Waals surface area (Å²) in [5.41, 5.74) is 4.68. The van der Waals surface area contributed by atoms with E-state index in [2.05, 4.69) is 0 Å². The summed E-state index contributed by atoms with van der Waals surface area (Å²) < 4.78 is 30.2. The van der Waals surface area contributed by atoms with Crippen LogP contribution in [0.15, 0.2) is 18.2 Å². The quantitative estimate of drug-likeness (QED) is 0.141. The summed E-state index contributed by atoms with van der Waals surface area (Å²) in [6, 6.07) is 4.09. The number of unbranched alkanes of at least 4 members (excludes halogenated alkanes) is 1. The lowest BCUT2D eigenvalue weighted by atomic mass is 9.86. The molecule has 0 aromatic heterocycles. The molecule has 0 spiro atoms. The second kappa shape index (κ2) is 16.3. The van der Waals surface area contributed by atoms with Gasteiger partial charge in [0.25, 0.3) is 0 Å². The van der Waals surface area contributed by atoms with Crippen LogP contribution in [0, 0.1) is 0 Å². The van der Waals surface area contributed by atoms with E-state index in [4.69, 9.17) is 34.2 Å². The maximum atomic E-state index is 12.1. The molecule has 0 saturated heterocycles. The maximum absolute atomic E-state index is 12.1. The number of nitrogens with two attached hydrogens (primary N) is 1. The number of benzene rings is 1. The highest BCUT2D eigenvalue weighted by atomic mass is 16.7. The lowest BCUT2D eigenvalue weighted by Gasteiger charge is -2.28. The number of carboxylic acids is 1. The molecular formula is C25H37NO11. The lowest BCUT2D eigenvalue weighted by Crippen LogP contribution is -2.52. The van der Waals surface area contributed by atoms with Crippen molar-refractivity contribution in [3.63, 3.8) is 0 Å². The normalized spacial score (nSPS) is 13.0. The van der Waals surface area contributed by atoms with E-state index in [-0.39, 0.29) is 44.2 Å². The summed E-state index contributed by atoms with van der Waals surface area (Å²) in [6.07, 6.45) is -1.65. The van der Waals surface area contributed by atoms with Crippen molar-refractivity contribution in [3.8, 4) is 11.5 Å². The molecule has 0 fully saturated rings. The van der Waals surface area contributed by atoms with Crippen LogP contribution in [0.3, 0.4) is 0 Å². The summed E-state index contributed by atoms with van der Waals surface area (Å²) in [6.45, 7) is 7.48. The molecule has 0 aliphatic heterocycles. The molecule has 12 heteroatoms. The van der Waals surface area contributed by atoms with Crippen LogP contribution < -0.4 is 15.2 Å². The van der Waals surface area contributed by atoms with Gasteiger partial charge in [-0.3, -0.25) is 4.79 Å². The first-order valence-electron chi connectivity index (χ1n) is 12.2. The van der Waals surface area contributed by atoms with Crippen LogP contribution in [-0.2, 0) is 30.2 Å². The Morgan fingerprint density at radius 3 is 1.97 bits per heavy atom. The number of aliphatic carboxylic acids is 1. The highest BCUT2D eigenvalue weighted by Crippen LogP contribution is 2.31. The van der Waals surface area contributed by atoms with E-state index in [1.807, 2.05) is 13.8 Å². The Morgan fingerprint density at radius 2 is 1.43 bits per heavy atom. The molecule has 0 heterocycles. The van der Waals surface area contributed by atoms with Crippen molar-refractivity contribution < 1.29 is 52.7 Å². The van der Waals surface area contributed by atoms with Crippen LogP contribution in [-0.4, -0.2) is 61.0 Å². The molecule has 0 saturated carbocycles. The molecule has 0 amide bonds. The molecule has 208 valence electrons. The van der Waals surface area contributed by atoms with E-state index in [0.29, 0.717) is 24.8 Å². The minimum Gasteiger partial charge on any atom is -0.480 e. The van der Waals surface area contributed by atoms with Crippen molar-refractivity contribution in [3.05, 3.63) is 23.8 Å². The molecule has 0 aliphatic carbocycles. The van der Waals surface area contributed by atoms with Gasteiger partial charge in [-0.25, -0.2) is 14.4 Å². The van der Waals surface area contributed by atoms with Crippen molar-refractivity contribution in [1.82, 2.24) is 0 Å². The van der Waals surface area contributed by atoms with Crippen molar-refractivity contribution in [2.24, 2.45) is 5.73 Å². The standard InChI is InChI=1S/C25H37NO11/c1-5-8-13-34-22(29)35-17(4)15-25(26,21(27)28)16-18-9-10-19(36-23(30)32-11-6-2)20(14-18)37-24(31)33-12-7-3/h9-10,14,17H,5-8,11-13,15-16,26H2,1-4H3,(H,27,28)/t17-,25?/m0/s1. The molecular weight excluding hydrogens is 490 g/mol. The summed E-state index contributed by atoms with van der Waals surface area (Å²) in [5, 5.41) is 9.83. The molecule has 1 aromatic rings. The minimum atomic E-state index is -1.86. The third-order valence-corrected chi connectivity index (χ3v) is 4.86. The van der Waals surface area contributed by atoms with Crippen LogP contribution in [0.2, 0.25) is 0 Å². The highest BCUT2D eigenvalue weighted by Gasteiger charge is 2.37. The molecule has 3 N–H and O–H groups in total. The SMILES string of the molecule is CCCCOC(=O)O[C@@H](C)CC(N)(Cc1ccc(OC(=O)OCCC)c(OC(=O)OCCC)c1)C(=O)O. The van der Waals surface area contributed by atoms with E-state index in [1.165, 1.54) is 25.1 Å². The zero-order chi connectivity index (χ0) is 27.8. The lowest BCUT2D eigenvalue weighted by molar-refractivity contribution is -0.144. The van der Waals surface area contributed by atoms with Gasteiger partial charge in [0, 0.05) is 12.8 Å². The molecule has 2 atom stereocenters. The Bertz CT molecular complexity index is 905. The largest absolute Gasteiger partial charge is 0.513 e.